The fourth-order valence-corrected chi connectivity index (χ4v) is 2.49. The molecule has 0 aliphatic carbocycles. The lowest BCUT2D eigenvalue weighted by molar-refractivity contribution is -0.150. The first-order valence-electron chi connectivity index (χ1n) is 3.70. The molecule has 10 heavy (non-hydrogen) atoms. The van der Waals surface area contributed by atoms with Crippen LogP contribution in [0.2, 0.25) is 12.6 Å². The van der Waals surface area contributed by atoms with Crippen molar-refractivity contribution in [2.24, 2.45) is 0 Å². The van der Waals surface area contributed by atoms with E-state index in [9.17, 15) is 4.79 Å². The van der Waals surface area contributed by atoms with Crippen molar-refractivity contribution in [3.8, 4) is 0 Å². The van der Waals surface area contributed by atoms with Gasteiger partial charge in [-0.05, 0) is 6.04 Å². The van der Waals surface area contributed by atoms with Gasteiger partial charge in [0.2, 0.25) is 5.91 Å². The Kier molecular flexibility index (Phi) is 2.45. The summed E-state index contributed by atoms with van der Waals surface area (Å²) in [5.41, 5.74) is 0. The molecule has 1 aliphatic rings. The van der Waals surface area contributed by atoms with E-state index in [4.69, 9.17) is 5.11 Å². The van der Waals surface area contributed by atoms with Crippen molar-refractivity contribution in [1.82, 2.24) is 4.90 Å². The van der Waals surface area contributed by atoms with Crippen LogP contribution in [0.4, 0.5) is 0 Å². The summed E-state index contributed by atoms with van der Waals surface area (Å²) in [6, 6.07) is 1.54. The average molecular weight is 159 g/mol. The van der Waals surface area contributed by atoms with Crippen LogP contribution in [0.1, 0.15) is 6.42 Å². The van der Waals surface area contributed by atoms with E-state index in [2.05, 4.69) is 6.55 Å². The number of likely N-dealkylation sites (tertiary alicyclic amines) is 1. The predicted octanol–water partition coefficient (Wildman–Crippen LogP) is -0.828. The number of rotatable bonds is 3. The highest BCUT2D eigenvalue weighted by molar-refractivity contribution is 6.33. The van der Waals surface area contributed by atoms with E-state index in [1.807, 2.05) is 0 Å². The second kappa shape index (κ2) is 3.16. The number of nitrogens with zero attached hydrogens (tertiary/aromatic N) is 1. The lowest BCUT2D eigenvalue weighted by atomic mass is 10.1. The molecule has 1 atom stereocenters. The van der Waals surface area contributed by atoms with Crippen molar-refractivity contribution >= 4 is 15.4 Å². The molecule has 0 aromatic rings. The zero-order chi connectivity index (χ0) is 7.56. The first kappa shape index (κ1) is 7.75. The lowest BCUT2D eigenvalue weighted by Gasteiger charge is -2.38. The topological polar surface area (TPSA) is 40.5 Å². The van der Waals surface area contributed by atoms with Gasteiger partial charge in [-0.1, -0.05) is 6.55 Å². The molecule has 1 saturated heterocycles. The van der Waals surface area contributed by atoms with Gasteiger partial charge in [-0.25, -0.2) is 0 Å². The van der Waals surface area contributed by atoms with Gasteiger partial charge in [-0.2, -0.15) is 0 Å². The number of hydrogen-bond donors (Lipinski definition) is 1. The zero-order valence-electron chi connectivity index (χ0n) is 6.21. The SMILES string of the molecule is C[SiH2]CC1CC(=O)N1CO. The Morgan fingerprint density at radius 1 is 1.90 bits per heavy atom. The Morgan fingerprint density at radius 3 is 3.00 bits per heavy atom. The van der Waals surface area contributed by atoms with E-state index < -0.39 is 0 Å². The number of aliphatic hydroxyl groups is 1. The van der Waals surface area contributed by atoms with Crippen LogP contribution in [-0.4, -0.2) is 38.2 Å². The van der Waals surface area contributed by atoms with Crippen molar-refractivity contribution in [1.29, 1.82) is 0 Å². The maximum Gasteiger partial charge on any atom is 0.226 e. The van der Waals surface area contributed by atoms with E-state index in [-0.39, 0.29) is 22.2 Å². The molecule has 0 radical (unpaired) electrons. The number of hydrogen-bond acceptors (Lipinski definition) is 2. The molecule has 4 heteroatoms. The minimum absolute atomic E-state index is 0.0380. The molecule has 1 aliphatic heterocycles. The molecular weight excluding hydrogens is 146 g/mol. The molecule has 0 aromatic carbocycles. The summed E-state index contributed by atoms with van der Waals surface area (Å²) in [5.74, 6) is 0.106. The maximum absolute atomic E-state index is 10.7. The molecule has 1 amide bonds. The summed E-state index contributed by atoms with van der Waals surface area (Å²) in [6.45, 7) is 2.14. The van der Waals surface area contributed by atoms with Gasteiger partial charge in [0.15, 0.2) is 0 Å². The van der Waals surface area contributed by atoms with E-state index in [1.165, 1.54) is 0 Å². The van der Waals surface area contributed by atoms with E-state index in [0.717, 1.165) is 6.04 Å². The molecule has 1 rings (SSSR count). The number of amides is 1. The largest absolute Gasteiger partial charge is 0.376 e. The first-order valence-corrected chi connectivity index (χ1v) is 6.11. The smallest absolute Gasteiger partial charge is 0.226 e. The molecular formula is C6H13NO2Si. The highest BCUT2D eigenvalue weighted by atomic mass is 28.2. The fraction of sp³-hybridized carbons (Fsp3) is 0.833. The number of carbonyl (C=O) groups excluding carboxylic acids is 1. The summed E-state index contributed by atoms with van der Waals surface area (Å²) in [4.78, 5) is 12.3. The van der Waals surface area contributed by atoms with Crippen LogP contribution >= 0.6 is 0 Å². The van der Waals surface area contributed by atoms with Gasteiger partial charge < -0.3 is 10.0 Å². The standard InChI is InChI=1S/C6H13NO2Si/c1-10-3-5-2-6(9)7(5)4-8/h5,8H,2-4,10H2,1H3. The lowest BCUT2D eigenvalue weighted by Crippen LogP contribution is -2.52. The molecule has 0 spiro atoms. The molecule has 1 unspecified atom stereocenters. The van der Waals surface area contributed by atoms with Crippen LogP contribution in [0.5, 0.6) is 0 Å². The Hall–Kier alpha value is -0.353. The van der Waals surface area contributed by atoms with Crippen LogP contribution in [0.25, 0.3) is 0 Å². The van der Waals surface area contributed by atoms with Crippen LogP contribution in [0, 0.1) is 0 Å². The highest BCUT2D eigenvalue weighted by Gasteiger charge is 2.33. The van der Waals surface area contributed by atoms with Gasteiger partial charge in [-0.3, -0.25) is 4.79 Å². The third-order valence-electron chi connectivity index (χ3n) is 1.95. The molecule has 0 aromatic heterocycles. The maximum atomic E-state index is 10.7. The van der Waals surface area contributed by atoms with E-state index in [0.29, 0.717) is 12.5 Å². The molecule has 0 saturated carbocycles. The highest BCUT2D eigenvalue weighted by Crippen LogP contribution is 2.20. The van der Waals surface area contributed by atoms with Crippen molar-refractivity contribution in [3.05, 3.63) is 0 Å². The first-order chi connectivity index (χ1) is 4.79. The molecule has 1 N–H and O–H groups in total. The molecule has 3 nitrogen and oxygen atoms in total. The number of β-lactam (4-membered cyclic amide) rings is 1. The zero-order valence-corrected chi connectivity index (χ0v) is 7.62. The van der Waals surface area contributed by atoms with Crippen molar-refractivity contribution in [3.63, 3.8) is 0 Å². The van der Waals surface area contributed by atoms with Crippen LogP contribution < -0.4 is 0 Å². The molecule has 0 bridgehead atoms. The van der Waals surface area contributed by atoms with Gasteiger partial charge in [0.05, 0.1) is 0 Å². The van der Waals surface area contributed by atoms with E-state index >= 15 is 0 Å². The van der Waals surface area contributed by atoms with Crippen molar-refractivity contribution < 1.29 is 9.90 Å². The monoisotopic (exact) mass is 159 g/mol. The number of aliphatic hydroxyl groups excluding tert-OH is 1. The van der Waals surface area contributed by atoms with Gasteiger partial charge in [0.25, 0.3) is 0 Å². The summed E-state index contributed by atoms with van der Waals surface area (Å²) >= 11 is 0. The normalized spacial score (nSPS) is 26.0. The Balaban J connectivity index is 2.30. The summed E-state index contributed by atoms with van der Waals surface area (Å²) in [7, 11) is 0.0380. The van der Waals surface area contributed by atoms with Crippen molar-refractivity contribution in [2.45, 2.75) is 25.1 Å². The second-order valence-corrected chi connectivity index (χ2v) is 4.23. The van der Waals surface area contributed by atoms with Crippen LogP contribution in [-0.2, 0) is 4.79 Å². The Bertz CT molecular complexity index is 140. The minimum atomic E-state index is -0.0854. The van der Waals surface area contributed by atoms with Gasteiger partial charge in [0, 0.05) is 22.0 Å². The van der Waals surface area contributed by atoms with E-state index in [1.54, 1.807) is 4.90 Å². The van der Waals surface area contributed by atoms with Gasteiger partial charge in [0.1, 0.15) is 6.73 Å². The van der Waals surface area contributed by atoms with Gasteiger partial charge >= 0.3 is 0 Å². The summed E-state index contributed by atoms with van der Waals surface area (Å²) < 4.78 is 0. The molecule has 1 heterocycles. The molecule has 1 fully saturated rings. The quantitative estimate of drug-likeness (QED) is 0.431. The number of carbonyl (C=O) groups is 1. The van der Waals surface area contributed by atoms with Gasteiger partial charge in [-0.15, -0.1) is 0 Å². The summed E-state index contributed by atoms with van der Waals surface area (Å²) in [6.07, 6.45) is 0.668. The predicted molar refractivity (Wildman–Crippen MR) is 41.6 cm³/mol. The molecule has 58 valence electrons. The minimum Gasteiger partial charge on any atom is -0.376 e. The average Bonchev–Trinajstić information content (AvgIpc) is 1.88. The second-order valence-electron chi connectivity index (χ2n) is 2.65. The Labute approximate surface area is 62.8 Å². The van der Waals surface area contributed by atoms with Crippen molar-refractivity contribution in [2.75, 3.05) is 6.73 Å². The Morgan fingerprint density at radius 2 is 2.60 bits per heavy atom. The van der Waals surface area contributed by atoms with Crippen LogP contribution in [0.3, 0.4) is 0 Å². The summed E-state index contributed by atoms with van der Waals surface area (Å²) in [5, 5.41) is 8.67. The fourth-order valence-electron chi connectivity index (χ4n) is 1.31. The third-order valence-corrected chi connectivity index (χ3v) is 3.19. The van der Waals surface area contributed by atoms with Crippen LogP contribution in [0.15, 0.2) is 0 Å². The third kappa shape index (κ3) is 1.22.